The number of nitrogens with zero attached hydrogens (tertiary/aromatic N) is 2. The van der Waals surface area contributed by atoms with Gasteiger partial charge >= 0.3 is 0 Å². The summed E-state index contributed by atoms with van der Waals surface area (Å²) in [6, 6.07) is 9.02. The molecular weight excluding hydrogens is 386 g/mol. The zero-order valence-electron chi connectivity index (χ0n) is 16.0. The van der Waals surface area contributed by atoms with Crippen molar-refractivity contribution < 1.29 is 23.8 Å². The van der Waals surface area contributed by atoms with Gasteiger partial charge in [-0.15, -0.1) is 0 Å². The van der Waals surface area contributed by atoms with Gasteiger partial charge in [0.25, 0.3) is 0 Å². The van der Waals surface area contributed by atoms with E-state index >= 15 is 0 Å². The number of anilines is 1. The van der Waals surface area contributed by atoms with Gasteiger partial charge in [0.1, 0.15) is 5.60 Å². The molecule has 4 atom stereocenters. The average molecular weight is 405 g/mol. The molecule has 152 valence electrons. The first-order valence-corrected chi connectivity index (χ1v) is 9.88. The predicted molar refractivity (Wildman–Crippen MR) is 105 cm³/mol. The number of rotatable bonds is 4. The summed E-state index contributed by atoms with van der Waals surface area (Å²) in [4.78, 5) is 32.2. The Morgan fingerprint density at radius 1 is 1.20 bits per heavy atom. The van der Waals surface area contributed by atoms with Gasteiger partial charge in [0.2, 0.25) is 18.6 Å². The van der Waals surface area contributed by atoms with Crippen molar-refractivity contribution in [3.8, 4) is 11.5 Å². The van der Waals surface area contributed by atoms with Gasteiger partial charge < -0.3 is 24.4 Å². The maximum atomic E-state index is 13.3. The fourth-order valence-corrected chi connectivity index (χ4v) is 4.92. The fraction of sp³-hybridized carbons (Fsp3) is 0.318. The molecule has 1 aromatic carbocycles. The maximum absolute atomic E-state index is 13.3. The Hall–Kier alpha value is -3.39. The molecule has 5 heterocycles. The van der Waals surface area contributed by atoms with Gasteiger partial charge in [-0.2, -0.15) is 0 Å². The van der Waals surface area contributed by atoms with E-state index in [1.165, 1.54) is 0 Å². The van der Waals surface area contributed by atoms with Gasteiger partial charge in [-0.1, -0.05) is 12.2 Å². The smallest absolute Gasteiger partial charge is 0.231 e. The molecule has 2 amide bonds. The molecule has 0 saturated carbocycles. The Kier molecular flexibility index (Phi) is 3.67. The van der Waals surface area contributed by atoms with Crippen molar-refractivity contribution in [2.75, 3.05) is 18.7 Å². The van der Waals surface area contributed by atoms with Crippen LogP contribution in [0.4, 0.5) is 5.69 Å². The Labute approximate surface area is 172 Å². The monoisotopic (exact) mass is 405 g/mol. The van der Waals surface area contributed by atoms with Crippen molar-refractivity contribution in [1.82, 2.24) is 9.88 Å². The number of carbonyl (C=O) groups is 2. The third-order valence-electron chi connectivity index (χ3n) is 6.24. The highest BCUT2D eigenvalue weighted by molar-refractivity contribution is 5.99. The summed E-state index contributed by atoms with van der Waals surface area (Å²) in [6.45, 7) is 1.08. The molecule has 1 aromatic heterocycles. The predicted octanol–water partition coefficient (Wildman–Crippen LogP) is 1.73. The summed E-state index contributed by atoms with van der Waals surface area (Å²) < 4.78 is 16.9. The molecule has 2 fully saturated rings. The number of likely N-dealkylation sites (tertiary alicyclic amines) is 1. The van der Waals surface area contributed by atoms with Crippen molar-refractivity contribution in [1.29, 1.82) is 0 Å². The summed E-state index contributed by atoms with van der Waals surface area (Å²) in [7, 11) is 0. The van der Waals surface area contributed by atoms with Crippen LogP contribution in [0.2, 0.25) is 0 Å². The number of amides is 2. The number of aromatic nitrogens is 1. The van der Waals surface area contributed by atoms with E-state index in [1.54, 1.807) is 35.5 Å². The van der Waals surface area contributed by atoms with Crippen LogP contribution in [0.15, 0.2) is 54.9 Å². The van der Waals surface area contributed by atoms with Crippen LogP contribution < -0.4 is 14.8 Å². The van der Waals surface area contributed by atoms with Crippen molar-refractivity contribution >= 4 is 17.5 Å². The van der Waals surface area contributed by atoms with Gasteiger partial charge in [-0.3, -0.25) is 14.6 Å². The Balaban J connectivity index is 1.24. The van der Waals surface area contributed by atoms with E-state index in [0.717, 1.165) is 5.56 Å². The third-order valence-corrected chi connectivity index (χ3v) is 6.24. The number of hydrogen-bond acceptors (Lipinski definition) is 6. The van der Waals surface area contributed by atoms with Crippen LogP contribution >= 0.6 is 0 Å². The number of pyridine rings is 1. The lowest BCUT2D eigenvalue weighted by Crippen LogP contribution is -2.41. The van der Waals surface area contributed by atoms with Crippen LogP contribution in [-0.2, 0) is 20.9 Å². The van der Waals surface area contributed by atoms with Crippen LogP contribution in [0.3, 0.4) is 0 Å². The van der Waals surface area contributed by atoms with Crippen LogP contribution in [0, 0.1) is 11.8 Å². The molecule has 6 rings (SSSR count). The topological polar surface area (TPSA) is 90.0 Å². The first kappa shape index (κ1) is 17.5. The van der Waals surface area contributed by atoms with E-state index in [1.807, 2.05) is 24.3 Å². The molecule has 1 N–H and O–H groups in total. The van der Waals surface area contributed by atoms with Gasteiger partial charge in [0.05, 0.1) is 24.5 Å². The summed E-state index contributed by atoms with van der Waals surface area (Å²) in [5, 5.41) is 2.93. The number of carbonyl (C=O) groups excluding carboxylic acids is 2. The normalized spacial score (nSPS) is 30.1. The highest BCUT2D eigenvalue weighted by Gasteiger charge is 2.66. The molecule has 0 aliphatic carbocycles. The second kappa shape index (κ2) is 6.30. The first-order valence-electron chi connectivity index (χ1n) is 9.88. The summed E-state index contributed by atoms with van der Waals surface area (Å²) in [6.07, 6.45) is 6.88. The van der Waals surface area contributed by atoms with Gasteiger partial charge in [0, 0.05) is 30.7 Å². The molecule has 8 heteroatoms. The first-order chi connectivity index (χ1) is 14.6. The lowest BCUT2D eigenvalue weighted by molar-refractivity contribution is -0.136. The van der Waals surface area contributed by atoms with Crippen molar-refractivity contribution in [3.63, 3.8) is 0 Å². The molecule has 1 spiro atoms. The number of fused-ring (bicyclic) bond motifs is 2. The maximum Gasteiger partial charge on any atom is 0.231 e. The van der Waals surface area contributed by atoms with Crippen molar-refractivity contribution in [2.45, 2.75) is 18.2 Å². The Morgan fingerprint density at radius 2 is 2.03 bits per heavy atom. The van der Waals surface area contributed by atoms with Crippen molar-refractivity contribution in [3.05, 3.63) is 60.4 Å². The average Bonchev–Trinajstić information content (AvgIpc) is 3.50. The Morgan fingerprint density at radius 3 is 2.90 bits per heavy atom. The van der Waals surface area contributed by atoms with Crippen LogP contribution in [0.1, 0.15) is 5.56 Å². The number of nitrogens with one attached hydrogen (secondary N) is 1. The van der Waals surface area contributed by atoms with E-state index in [9.17, 15) is 9.59 Å². The summed E-state index contributed by atoms with van der Waals surface area (Å²) >= 11 is 0. The SMILES string of the molecule is O=C(Nc1ccc2c(c1)OCO2)[C@H]1[C@H]2C(=O)N(Cc3ccncc3)C[C@]23C=C[C@H]1O3. The highest BCUT2D eigenvalue weighted by Crippen LogP contribution is 2.52. The minimum Gasteiger partial charge on any atom is -0.454 e. The van der Waals surface area contributed by atoms with Crippen LogP contribution in [0.5, 0.6) is 11.5 Å². The summed E-state index contributed by atoms with van der Waals surface area (Å²) in [5.41, 5.74) is 0.866. The van der Waals surface area contributed by atoms with E-state index in [-0.39, 0.29) is 18.6 Å². The fourth-order valence-electron chi connectivity index (χ4n) is 4.92. The molecule has 8 nitrogen and oxygen atoms in total. The zero-order valence-corrected chi connectivity index (χ0v) is 16.0. The van der Waals surface area contributed by atoms with Gasteiger partial charge in [0.15, 0.2) is 11.5 Å². The molecule has 0 unspecified atom stereocenters. The van der Waals surface area contributed by atoms with Crippen LogP contribution in [-0.4, -0.2) is 46.7 Å². The van der Waals surface area contributed by atoms with E-state index in [4.69, 9.17) is 14.2 Å². The molecule has 2 bridgehead atoms. The standard InChI is InChI=1S/C22H19N3O5/c26-20(24-14-1-2-15-17(9-14)29-12-28-15)18-16-3-6-22(30-16)11-25(21(27)19(18)22)10-13-4-7-23-8-5-13/h1-9,16,18-19H,10-12H2,(H,24,26)/t16-,18-,19+,22-/m1/s1. The molecular formula is C22H19N3O5. The number of ether oxygens (including phenoxy) is 3. The third kappa shape index (κ3) is 2.53. The molecule has 0 radical (unpaired) electrons. The van der Waals surface area contributed by atoms with Crippen molar-refractivity contribution in [2.24, 2.45) is 11.8 Å². The molecule has 4 aliphatic heterocycles. The number of benzene rings is 1. The summed E-state index contributed by atoms with van der Waals surface area (Å²) in [5.74, 6) is -0.137. The molecule has 2 saturated heterocycles. The van der Waals surface area contributed by atoms with E-state index in [2.05, 4.69) is 10.3 Å². The second-order valence-corrected chi connectivity index (χ2v) is 8.01. The highest BCUT2D eigenvalue weighted by atomic mass is 16.7. The van der Waals surface area contributed by atoms with Gasteiger partial charge in [-0.05, 0) is 29.8 Å². The minimum absolute atomic E-state index is 0.0514. The Bertz CT molecular complexity index is 1070. The number of hydrogen-bond donors (Lipinski definition) is 1. The lowest BCUT2D eigenvalue weighted by Gasteiger charge is -2.23. The quantitative estimate of drug-likeness (QED) is 0.780. The van der Waals surface area contributed by atoms with E-state index in [0.29, 0.717) is 30.3 Å². The molecule has 4 aliphatic rings. The van der Waals surface area contributed by atoms with Gasteiger partial charge in [-0.25, -0.2) is 0 Å². The zero-order chi connectivity index (χ0) is 20.3. The lowest BCUT2D eigenvalue weighted by atomic mass is 9.77. The largest absolute Gasteiger partial charge is 0.454 e. The minimum atomic E-state index is -0.730. The van der Waals surface area contributed by atoms with Crippen LogP contribution in [0.25, 0.3) is 0 Å². The van der Waals surface area contributed by atoms with E-state index < -0.39 is 23.5 Å². The molecule has 2 aromatic rings. The second-order valence-electron chi connectivity index (χ2n) is 8.01. The molecule has 30 heavy (non-hydrogen) atoms.